The van der Waals surface area contributed by atoms with Gasteiger partial charge < -0.3 is 0 Å². The molecule has 0 saturated heterocycles. The zero-order valence-corrected chi connectivity index (χ0v) is 9.76. The number of nitrogens with two attached hydrogens (primary N) is 1. The van der Waals surface area contributed by atoms with Crippen molar-refractivity contribution in [2.24, 2.45) is 17.7 Å². The van der Waals surface area contributed by atoms with Crippen LogP contribution in [0.2, 0.25) is 0 Å². The van der Waals surface area contributed by atoms with Crippen molar-refractivity contribution in [1.29, 1.82) is 0 Å². The van der Waals surface area contributed by atoms with Crippen LogP contribution in [-0.2, 0) is 0 Å². The van der Waals surface area contributed by atoms with Gasteiger partial charge in [0, 0.05) is 6.04 Å². The molecule has 0 radical (unpaired) electrons. The highest BCUT2D eigenvalue weighted by molar-refractivity contribution is 4.77. The SMILES string of the molecule is CC(C)CCC(NN)C1CCCCC1. The Labute approximate surface area is 88.6 Å². The Morgan fingerprint density at radius 2 is 1.79 bits per heavy atom. The molecule has 2 nitrogen and oxygen atoms in total. The van der Waals surface area contributed by atoms with E-state index < -0.39 is 0 Å². The molecule has 1 aliphatic carbocycles. The van der Waals surface area contributed by atoms with E-state index in [1.165, 1.54) is 44.9 Å². The van der Waals surface area contributed by atoms with E-state index in [4.69, 9.17) is 5.84 Å². The molecule has 14 heavy (non-hydrogen) atoms. The average Bonchev–Trinajstić information content (AvgIpc) is 2.20. The number of hydrogen-bond acceptors (Lipinski definition) is 2. The van der Waals surface area contributed by atoms with Crippen LogP contribution >= 0.6 is 0 Å². The molecule has 0 amide bonds. The fourth-order valence-corrected chi connectivity index (χ4v) is 2.50. The van der Waals surface area contributed by atoms with Gasteiger partial charge in [0.25, 0.3) is 0 Å². The van der Waals surface area contributed by atoms with Crippen LogP contribution in [0.15, 0.2) is 0 Å². The van der Waals surface area contributed by atoms with Gasteiger partial charge in [-0.1, -0.05) is 33.1 Å². The van der Waals surface area contributed by atoms with Crippen LogP contribution in [0.4, 0.5) is 0 Å². The normalized spacial score (nSPS) is 21.4. The third kappa shape index (κ3) is 3.97. The Morgan fingerprint density at radius 1 is 1.14 bits per heavy atom. The lowest BCUT2D eigenvalue weighted by Crippen LogP contribution is -2.41. The van der Waals surface area contributed by atoms with Crippen LogP contribution in [0.3, 0.4) is 0 Å². The first-order valence-electron chi connectivity index (χ1n) is 6.20. The van der Waals surface area contributed by atoms with Crippen molar-refractivity contribution in [2.45, 2.75) is 64.8 Å². The van der Waals surface area contributed by atoms with E-state index in [0.29, 0.717) is 6.04 Å². The Kier molecular flexibility index (Phi) is 5.49. The summed E-state index contributed by atoms with van der Waals surface area (Å²) in [6, 6.07) is 0.567. The maximum atomic E-state index is 5.64. The lowest BCUT2D eigenvalue weighted by atomic mass is 9.82. The predicted molar refractivity (Wildman–Crippen MR) is 61.8 cm³/mol. The summed E-state index contributed by atoms with van der Waals surface area (Å²) in [5.41, 5.74) is 3.03. The molecule has 0 aromatic heterocycles. The molecule has 84 valence electrons. The van der Waals surface area contributed by atoms with Gasteiger partial charge in [-0.05, 0) is 37.5 Å². The molecule has 1 fully saturated rings. The van der Waals surface area contributed by atoms with E-state index in [0.717, 1.165) is 11.8 Å². The number of hydrogen-bond donors (Lipinski definition) is 2. The highest BCUT2D eigenvalue weighted by atomic mass is 15.2. The number of hydrazine groups is 1. The smallest absolute Gasteiger partial charge is 0.0238 e. The quantitative estimate of drug-likeness (QED) is 0.526. The fraction of sp³-hybridized carbons (Fsp3) is 1.00. The predicted octanol–water partition coefficient (Wildman–Crippen LogP) is 2.83. The van der Waals surface area contributed by atoms with Gasteiger partial charge in [-0.3, -0.25) is 11.3 Å². The van der Waals surface area contributed by atoms with Crippen molar-refractivity contribution in [3.8, 4) is 0 Å². The Morgan fingerprint density at radius 3 is 2.29 bits per heavy atom. The lowest BCUT2D eigenvalue weighted by Gasteiger charge is -2.30. The zero-order chi connectivity index (χ0) is 10.4. The van der Waals surface area contributed by atoms with Gasteiger partial charge in [-0.25, -0.2) is 0 Å². The van der Waals surface area contributed by atoms with Crippen molar-refractivity contribution in [2.75, 3.05) is 0 Å². The van der Waals surface area contributed by atoms with E-state index >= 15 is 0 Å². The lowest BCUT2D eigenvalue weighted by molar-refractivity contribution is 0.250. The van der Waals surface area contributed by atoms with Crippen molar-refractivity contribution in [3.63, 3.8) is 0 Å². The van der Waals surface area contributed by atoms with Crippen LogP contribution in [0, 0.1) is 11.8 Å². The molecule has 0 heterocycles. The molecule has 1 saturated carbocycles. The third-order valence-corrected chi connectivity index (χ3v) is 3.49. The summed E-state index contributed by atoms with van der Waals surface area (Å²) >= 11 is 0. The molecule has 0 aromatic rings. The molecule has 1 atom stereocenters. The summed E-state index contributed by atoms with van der Waals surface area (Å²) in [5.74, 6) is 7.28. The summed E-state index contributed by atoms with van der Waals surface area (Å²) in [4.78, 5) is 0. The van der Waals surface area contributed by atoms with Crippen molar-refractivity contribution in [3.05, 3.63) is 0 Å². The zero-order valence-electron chi connectivity index (χ0n) is 9.76. The topological polar surface area (TPSA) is 38.0 Å². The molecule has 1 rings (SSSR count). The van der Waals surface area contributed by atoms with E-state index in [9.17, 15) is 0 Å². The van der Waals surface area contributed by atoms with Crippen molar-refractivity contribution >= 4 is 0 Å². The van der Waals surface area contributed by atoms with Gasteiger partial charge in [0.05, 0.1) is 0 Å². The second-order valence-corrected chi connectivity index (χ2v) is 5.14. The Hall–Kier alpha value is -0.0800. The van der Waals surface area contributed by atoms with E-state index in [1.807, 2.05) is 0 Å². The second kappa shape index (κ2) is 6.41. The van der Waals surface area contributed by atoms with Crippen molar-refractivity contribution < 1.29 is 0 Å². The van der Waals surface area contributed by atoms with Crippen LogP contribution < -0.4 is 11.3 Å². The van der Waals surface area contributed by atoms with E-state index in [1.54, 1.807) is 0 Å². The monoisotopic (exact) mass is 198 g/mol. The van der Waals surface area contributed by atoms with Gasteiger partial charge in [0.1, 0.15) is 0 Å². The fourth-order valence-electron chi connectivity index (χ4n) is 2.50. The maximum absolute atomic E-state index is 5.64. The Bertz CT molecular complexity index is 139. The molecule has 0 aliphatic heterocycles. The van der Waals surface area contributed by atoms with Gasteiger partial charge in [0.2, 0.25) is 0 Å². The van der Waals surface area contributed by atoms with Crippen LogP contribution in [0.25, 0.3) is 0 Å². The van der Waals surface area contributed by atoms with Gasteiger partial charge in [-0.15, -0.1) is 0 Å². The minimum Gasteiger partial charge on any atom is -0.271 e. The van der Waals surface area contributed by atoms with Crippen LogP contribution in [-0.4, -0.2) is 6.04 Å². The molecule has 1 aliphatic rings. The Balaban J connectivity index is 2.28. The first kappa shape index (κ1) is 12.0. The summed E-state index contributed by atoms with van der Waals surface area (Å²) in [5, 5.41) is 0. The second-order valence-electron chi connectivity index (χ2n) is 5.14. The summed E-state index contributed by atoms with van der Waals surface area (Å²) in [7, 11) is 0. The first-order chi connectivity index (χ1) is 6.74. The highest BCUT2D eigenvalue weighted by Gasteiger charge is 2.22. The molecule has 1 unspecified atom stereocenters. The summed E-state index contributed by atoms with van der Waals surface area (Å²) in [6.45, 7) is 4.57. The number of nitrogens with one attached hydrogen (secondary N) is 1. The summed E-state index contributed by atoms with van der Waals surface area (Å²) < 4.78 is 0. The largest absolute Gasteiger partial charge is 0.271 e. The van der Waals surface area contributed by atoms with E-state index in [2.05, 4.69) is 19.3 Å². The molecule has 0 aromatic carbocycles. The van der Waals surface area contributed by atoms with Gasteiger partial charge in [0.15, 0.2) is 0 Å². The highest BCUT2D eigenvalue weighted by Crippen LogP contribution is 2.28. The molecule has 3 N–H and O–H groups in total. The molecule has 0 bridgehead atoms. The van der Waals surface area contributed by atoms with Crippen molar-refractivity contribution in [1.82, 2.24) is 5.43 Å². The third-order valence-electron chi connectivity index (χ3n) is 3.49. The van der Waals surface area contributed by atoms with Crippen LogP contribution in [0.1, 0.15) is 58.8 Å². The number of rotatable bonds is 5. The minimum absolute atomic E-state index is 0.567. The maximum Gasteiger partial charge on any atom is 0.0238 e. The van der Waals surface area contributed by atoms with Crippen LogP contribution in [0.5, 0.6) is 0 Å². The molecule has 2 heteroatoms. The average molecular weight is 198 g/mol. The first-order valence-corrected chi connectivity index (χ1v) is 6.20. The molecule has 0 spiro atoms. The molecular weight excluding hydrogens is 172 g/mol. The summed E-state index contributed by atoms with van der Waals surface area (Å²) in [6.07, 6.45) is 9.55. The minimum atomic E-state index is 0.567. The molecular formula is C12H26N2. The van der Waals surface area contributed by atoms with Gasteiger partial charge >= 0.3 is 0 Å². The van der Waals surface area contributed by atoms with Gasteiger partial charge in [-0.2, -0.15) is 0 Å². The van der Waals surface area contributed by atoms with E-state index in [-0.39, 0.29) is 0 Å². The standard InChI is InChI=1S/C12H26N2/c1-10(2)8-9-12(14-13)11-6-4-3-5-7-11/h10-12,14H,3-9,13H2,1-2H3.